The van der Waals surface area contributed by atoms with Crippen molar-refractivity contribution in [2.75, 3.05) is 0 Å². The Labute approximate surface area is 337 Å². The molecule has 272 valence electrons. The van der Waals surface area contributed by atoms with Gasteiger partial charge in [-0.1, -0.05) is 146 Å². The SMILES string of the molecule is C1=CC(c2nc(-c3ccccc3)nc(-c3ccccc3)n2)=c2sc3ccc(-n4c5ccccc5c5ccc6c7ccccc7n(-c7ccccc7)c6c54)cc3c2=CC1. The fourth-order valence-electron chi connectivity index (χ4n) is 8.81. The van der Waals surface area contributed by atoms with E-state index in [1.54, 1.807) is 11.3 Å². The van der Waals surface area contributed by atoms with Gasteiger partial charge in [0.1, 0.15) is 0 Å². The van der Waals surface area contributed by atoms with E-state index in [0.29, 0.717) is 17.5 Å². The van der Waals surface area contributed by atoms with Gasteiger partial charge in [-0.2, -0.15) is 0 Å². The van der Waals surface area contributed by atoms with Crippen LogP contribution >= 0.6 is 11.3 Å². The van der Waals surface area contributed by atoms with Gasteiger partial charge in [-0.25, -0.2) is 15.0 Å². The molecule has 4 heterocycles. The lowest BCUT2D eigenvalue weighted by atomic mass is 10.1. The van der Waals surface area contributed by atoms with E-state index in [4.69, 9.17) is 15.0 Å². The highest BCUT2D eigenvalue weighted by Crippen LogP contribution is 2.42. The molecule has 0 fully saturated rings. The van der Waals surface area contributed by atoms with Crippen LogP contribution in [0.5, 0.6) is 0 Å². The average Bonchev–Trinajstić information content (AvgIpc) is 3.89. The van der Waals surface area contributed by atoms with E-state index in [1.807, 2.05) is 36.4 Å². The summed E-state index contributed by atoms with van der Waals surface area (Å²) in [6.45, 7) is 0. The Kier molecular flexibility index (Phi) is 7.40. The maximum Gasteiger partial charge on any atom is 0.165 e. The molecule has 4 aromatic heterocycles. The minimum absolute atomic E-state index is 0.661. The third-order valence-corrected chi connectivity index (χ3v) is 12.6. The normalized spacial score (nSPS) is 12.8. The Balaban J connectivity index is 1.14. The third-order valence-electron chi connectivity index (χ3n) is 11.4. The van der Waals surface area contributed by atoms with Crippen molar-refractivity contribution >= 4 is 76.7 Å². The number of thiophene rings is 1. The van der Waals surface area contributed by atoms with Gasteiger partial charge in [0.05, 0.1) is 22.1 Å². The predicted octanol–water partition coefficient (Wildman–Crippen LogP) is 11.6. The molecule has 0 aliphatic heterocycles. The van der Waals surface area contributed by atoms with Crippen LogP contribution in [-0.2, 0) is 0 Å². The summed E-state index contributed by atoms with van der Waals surface area (Å²) < 4.78 is 7.32. The fourth-order valence-corrected chi connectivity index (χ4v) is 10.0. The molecular weight excluding hydrogens is 727 g/mol. The van der Waals surface area contributed by atoms with Crippen LogP contribution in [0.2, 0.25) is 0 Å². The summed E-state index contributed by atoms with van der Waals surface area (Å²) in [6, 6.07) is 60.3. The largest absolute Gasteiger partial charge is 0.307 e. The first-order valence-corrected chi connectivity index (χ1v) is 20.4. The van der Waals surface area contributed by atoms with Gasteiger partial charge in [0.2, 0.25) is 0 Å². The van der Waals surface area contributed by atoms with E-state index in [0.717, 1.165) is 34.5 Å². The maximum atomic E-state index is 5.15. The first-order chi connectivity index (χ1) is 28.8. The molecule has 1 aliphatic rings. The molecule has 0 saturated heterocycles. The second-order valence-electron chi connectivity index (χ2n) is 14.7. The summed E-state index contributed by atoms with van der Waals surface area (Å²) in [5.74, 6) is 1.99. The fraction of sp³-hybridized carbons (Fsp3) is 0.0192. The van der Waals surface area contributed by atoms with Crippen LogP contribution in [0.1, 0.15) is 12.2 Å². The van der Waals surface area contributed by atoms with E-state index in [1.165, 1.54) is 63.4 Å². The standard InChI is InChI=1S/C52H33N5S/c1-4-16-33(17-5-1)50-53-51(34-18-6-2-7-19-34)55-52(54-50)42-25-11-10-24-41-43-32-36(28-31-46(43)58-49(41)42)57-45-27-15-13-23-38(45)40-30-29-39-37-22-12-14-26-44(37)56(47(39)48(40)57)35-20-8-3-9-21-35/h1-9,11-32H,10H2. The molecule has 1 aliphatic carbocycles. The van der Waals surface area contributed by atoms with Gasteiger partial charge in [0, 0.05) is 64.2 Å². The smallest absolute Gasteiger partial charge is 0.165 e. The van der Waals surface area contributed by atoms with Crippen LogP contribution in [-0.4, -0.2) is 24.1 Å². The topological polar surface area (TPSA) is 48.5 Å². The lowest BCUT2D eigenvalue weighted by molar-refractivity contribution is 1.04. The van der Waals surface area contributed by atoms with Gasteiger partial charge in [-0.3, -0.25) is 0 Å². The summed E-state index contributed by atoms with van der Waals surface area (Å²) in [7, 11) is 0. The van der Waals surface area contributed by atoms with Crippen molar-refractivity contribution in [1.82, 2.24) is 24.1 Å². The molecule has 0 amide bonds. The van der Waals surface area contributed by atoms with Crippen LogP contribution in [0.25, 0.3) is 99.5 Å². The van der Waals surface area contributed by atoms with Crippen molar-refractivity contribution in [3.63, 3.8) is 0 Å². The van der Waals surface area contributed by atoms with E-state index in [-0.39, 0.29) is 0 Å². The van der Waals surface area contributed by atoms with E-state index < -0.39 is 0 Å². The van der Waals surface area contributed by atoms with Crippen LogP contribution in [0.15, 0.2) is 182 Å². The van der Waals surface area contributed by atoms with Crippen LogP contribution < -0.4 is 9.75 Å². The zero-order valence-corrected chi connectivity index (χ0v) is 32.1. The maximum absolute atomic E-state index is 5.15. The van der Waals surface area contributed by atoms with Crippen LogP contribution in [0.4, 0.5) is 0 Å². The molecule has 0 spiro atoms. The van der Waals surface area contributed by atoms with Crippen molar-refractivity contribution in [2.24, 2.45) is 0 Å². The molecular formula is C52H33N5S. The summed E-state index contributed by atoms with van der Waals surface area (Å²) in [5, 5.41) is 7.39. The molecule has 6 heteroatoms. The second kappa shape index (κ2) is 13.1. The quantitative estimate of drug-likeness (QED) is 0.176. The zero-order chi connectivity index (χ0) is 38.2. The van der Waals surface area contributed by atoms with Crippen molar-refractivity contribution < 1.29 is 0 Å². The molecule has 0 atom stereocenters. The average molecular weight is 760 g/mol. The second-order valence-corrected chi connectivity index (χ2v) is 15.8. The van der Waals surface area contributed by atoms with E-state index in [2.05, 4.69) is 161 Å². The molecule has 0 unspecified atom stereocenters. The van der Waals surface area contributed by atoms with Crippen molar-refractivity contribution in [2.45, 2.75) is 6.42 Å². The number of para-hydroxylation sites is 3. The number of benzene rings is 7. The first kappa shape index (κ1) is 32.8. The highest BCUT2D eigenvalue weighted by Gasteiger charge is 2.22. The monoisotopic (exact) mass is 759 g/mol. The Morgan fingerprint density at radius 2 is 0.983 bits per heavy atom. The number of nitrogens with zero attached hydrogens (tertiary/aromatic N) is 5. The number of aromatic nitrogens is 5. The van der Waals surface area contributed by atoms with Gasteiger partial charge >= 0.3 is 0 Å². The van der Waals surface area contributed by atoms with Gasteiger partial charge in [-0.05, 0) is 54.1 Å². The molecule has 58 heavy (non-hydrogen) atoms. The Hall–Kier alpha value is -7.41. The number of allylic oxidation sites excluding steroid dienone is 2. The molecule has 0 radical (unpaired) electrons. The Morgan fingerprint density at radius 1 is 0.448 bits per heavy atom. The minimum atomic E-state index is 0.661. The van der Waals surface area contributed by atoms with Gasteiger partial charge < -0.3 is 9.13 Å². The molecule has 0 saturated carbocycles. The van der Waals surface area contributed by atoms with Crippen molar-refractivity contribution in [3.05, 3.63) is 198 Å². The molecule has 5 nitrogen and oxygen atoms in total. The Bertz CT molecular complexity index is 3520. The van der Waals surface area contributed by atoms with Crippen molar-refractivity contribution in [3.8, 4) is 34.2 Å². The number of hydrogen-bond donors (Lipinski definition) is 0. The summed E-state index contributed by atoms with van der Waals surface area (Å²) >= 11 is 1.80. The van der Waals surface area contributed by atoms with Gasteiger partial charge in [0.25, 0.3) is 0 Å². The van der Waals surface area contributed by atoms with E-state index in [9.17, 15) is 0 Å². The summed E-state index contributed by atoms with van der Waals surface area (Å²) in [6.07, 6.45) is 7.58. The molecule has 0 N–H and O–H groups in total. The highest BCUT2D eigenvalue weighted by molar-refractivity contribution is 7.17. The lowest BCUT2D eigenvalue weighted by Gasteiger charge is -2.12. The van der Waals surface area contributed by atoms with Gasteiger partial charge in [-0.15, -0.1) is 11.3 Å². The van der Waals surface area contributed by atoms with Crippen molar-refractivity contribution in [1.29, 1.82) is 0 Å². The number of rotatable bonds is 5. The van der Waals surface area contributed by atoms with Crippen LogP contribution in [0, 0.1) is 0 Å². The molecule has 7 aromatic carbocycles. The van der Waals surface area contributed by atoms with Gasteiger partial charge in [0.15, 0.2) is 17.5 Å². The molecule has 0 bridgehead atoms. The lowest BCUT2D eigenvalue weighted by Crippen LogP contribution is -2.22. The molecule has 12 rings (SSSR count). The number of hydrogen-bond acceptors (Lipinski definition) is 4. The summed E-state index contributed by atoms with van der Waals surface area (Å²) in [5.41, 5.74) is 9.98. The molecule has 11 aromatic rings. The zero-order valence-electron chi connectivity index (χ0n) is 31.2. The highest BCUT2D eigenvalue weighted by atomic mass is 32.1. The first-order valence-electron chi connectivity index (χ1n) is 19.6. The summed E-state index contributed by atoms with van der Waals surface area (Å²) in [4.78, 5) is 15.3. The van der Waals surface area contributed by atoms with E-state index >= 15 is 0 Å². The predicted molar refractivity (Wildman–Crippen MR) is 241 cm³/mol. The minimum Gasteiger partial charge on any atom is -0.307 e. The third kappa shape index (κ3) is 5.05. The number of fused-ring (bicyclic) bond motifs is 10. The van der Waals surface area contributed by atoms with Crippen LogP contribution in [0.3, 0.4) is 0 Å². The Morgan fingerprint density at radius 3 is 1.60 bits per heavy atom.